The number of hydrogen-bond acceptors (Lipinski definition) is 5. The standard InChI is InChI=1S/C16H22FN3O2/c1-11-6-7-13(10-14(11)17)15-18-16(22-19-15)12(2)20(3)8-5-9-21-4/h6-7,10,12H,5,8-9H2,1-4H3. The topological polar surface area (TPSA) is 51.4 Å². The second-order valence-corrected chi connectivity index (χ2v) is 5.42. The molecule has 6 heteroatoms. The molecular weight excluding hydrogens is 285 g/mol. The predicted octanol–water partition coefficient (Wildman–Crippen LogP) is 3.21. The molecule has 1 aromatic carbocycles. The van der Waals surface area contributed by atoms with Crippen LogP contribution in [0, 0.1) is 12.7 Å². The Labute approximate surface area is 130 Å². The average molecular weight is 307 g/mol. The fourth-order valence-corrected chi connectivity index (χ4v) is 2.09. The van der Waals surface area contributed by atoms with E-state index in [1.165, 1.54) is 6.07 Å². The first-order valence-electron chi connectivity index (χ1n) is 7.32. The number of halogens is 1. The summed E-state index contributed by atoms with van der Waals surface area (Å²) in [6.07, 6.45) is 0.932. The molecule has 1 unspecified atom stereocenters. The molecule has 0 saturated carbocycles. The maximum atomic E-state index is 13.6. The van der Waals surface area contributed by atoms with Crippen molar-refractivity contribution in [3.8, 4) is 11.4 Å². The van der Waals surface area contributed by atoms with E-state index in [1.807, 2.05) is 14.0 Å². The molecule has 2 rings (SSSR count). The minimum absolute atomic E-state index is 0.00611. The molecule has 120 valence electrons. The van der Waals surface area contributed by atoms with E-state index in [0.717, 1.165) is 19.6 Å². The summed E-state index contributed by atoms with van der Waals surface area (Å²) in [4.78, 5) is 6.50. The summed E-state index contributed by atoms with van der Waals surface area (Å²) in [5.74, 6) is 0.663. The van der Waals surface area contributed by atoms with Crippen LogP contribution in [0.1, 0.15) is 30.8 Å². The van der Waals surface area contributed by atoms with E-state index in [0.29, 0.717) is 22.8 Å². The number of hydrogen-bond donors (Lipinski definition) is 0. The fraction of sp³-hybridized carbons (Fsp3) is 0.500. The van der Waals surface area contributed by atoms with E-state index in [9.17, 15) is 4.39 Å². The number of rotatable bonds is 7. The number of nitrogens with zero attached hydrogens (tertiary/aromatic N) is 3. The highest BCUT2D eigenvalue weighted by molar-refractivity contribution is 5.54. The van der Waals surface area contributed by atoms with E-state index in [-0.39, 0.29) is 11.9 Å². The van der Waals surface area contributed by atoms with Gasteiger partial charge in [0, 0.05) is 25.8 Å². The first-order chi connectivity index (χ1) is 10.5. The third-order valence-corrected chi connectivity index (χ3v) is 3.75. The summed E-state index contributed by atoms with van der Waals surface area (Å²) >= 11 is 0. The first kappa shape index (κ1) is 16.6. The Morgan fingerprint density at radius 2 is 2.18 bits per heavy atom. The number of ether oxygens (including phenoxy) is 1. The van der Waals surface area contributed by atoms with Gasteiger partial charge >= 0.3 is 0 Å². The fourth-order valence-electron chi connectivity index (χ4n) is 2.09. The largest absolute Gasteiger partial charge is 0.385 e. The smallest absolute Gasteiger partial charge is 0.244 e. The van der Waals surface area contributed by atoms with Gasteiger partial charge in [-0.1, -0.05) is 17.3 Å². The Morgan fingerprint density at radius 3 is 2.86 bits per heavy atom. The third-order valence-electron chi connectivity index (χ3n) is 3.75. The van der Waals surface area contributed by atoms with Crippen LogP contribution in [0.2, 0.25) is 0 Å². The van der Waals surface area contributed by atoms with Gasteiger partial charge < -0.3 is 9.26 Å². The van der Waals surface area contributed by atoms with Crippen molar-refractivity contribution in [3.63, 3.8) is 0 Å². The maximum absolute atomic E-state index is 13.6. The second-order valence-electron chi connectivity index (χ2n) is 5.42. The third kappa shape index (κ3) is 3.90. The average Bonchev–Trinajstić information content (AvgIpc) is 2.99. The summed E-state index contributed by atoms with van der Waals surface area (Å²) in [7, 11) is 3.68. The zero-order chi connectivity index (χ0) is 16.1. The van der Waals surface area contributed by atoms with Crippen LogP contribution in [0.5, 0.6) is 0 Å². The molecule has 0 saturated heterocycles. The SMILES string of the molecule is COCCCN(C)C(C)c1nc(-c2ccc(C)c(F)c2)no1. The van der Waals surface area contributed by atoms with Crippen molar-refractivity contribution in [1.29, 1.82) is 0 Å². The van der Waals surface area contributed by atoms with E-state index in [4.69, 9.17) is 9.26 Å². The van der Waals surface area contributed by atoms with Crippen molar-refractivity contribution < 1.29 is 13.7 Å². The molecule has 0 spiro atoms. The van der Waals surface area contributed by atoms with Gasteiger partial charge in [0.15, 0.2) is 0 Å². The molecule has 0 aliphatic rings. The summed E-state index contributed by atoms with van der Waals surface area (Å²) in [6, 6.07) is 4.92. The van der Waals surface area contributed by atoms with Crippen LogP contribution in [-0.2, 0) is 4.74 Å². The van der Waals surface area contributed by atoms with Crippen molar-refractivity contribution in [1.82, 2.24) is 15.0 Å². The Hall–Kier alpha value is -1.79. The molecule has 0 aliphatic heterocycles. The lowest BCUT2D eigenvalue weighted by atomic mass is 10.1. The van der Waals surface area contributed by atoms with Crippen molar-refractivity contribution in [3.05, 3.63) is 35.5 Å². The van der Waals surface area contributed by atoms with E-state index < -0.39 is 0 Å². The molecule has 1 heterocycles. The highest BCUT2D eigenvalue weighted by Crippen LogP contribution is 2.23. The lowest BCUT2D eigenvalue weighted by Crippen LogP contribution is -2.24. The highest BCUT2D eigenvalue weighted by atomic mass is 19.1. The van der Waals surface area contributed by atoms with Crippen LogP contribution < -0.4 is 0 Å². The molecule has 22 heavy (non-hydrogen) atoms. The summed E-state index contributed by atoms with van der Waals surface area (Å²) in [6.45, 7) is 5.30. The van der Waals surface area contributed by atoms with Gasteiger partial charge in [-0.25, -0.2) is 4.39 Å². The summed E-state index contributed by atoms with van der Waals surface area (Å²) in [5, 5.41) is 3.95. The second kappa shape index (κ2) is 7.47. The van der Waals surface area contributed by atoms with Gasteiger partial charge in [0.25, 0.3) is 0 Å². The van der Waals surface area contributed by atoms with Crippen LogP contribution in [-0.4, -0.2) is 42.3 Å². The van der Waals surface area contributed by atoms with Gasteiger partial charge in [0.1, 0.15) is 5.82 Å². The lowest BCUT2D eigenvalue weighted by Gasteiger charge is -2.21. The van der Waals surface area contributed by atoms with Crippen molar-refractivity contribution in [2.24, 2.45) is 0 Å². The van der Waals surface area contributed by atoms with Gasteiger partial charge in [-0.3, -0.25) is 4.90 Å². The quantitative estimate of drug-likeness (QED) is 0.735. The Morgan fingerprint density at radius 1 is 1.41 bits per heavy atom. The highest BCUT2D eigenvalue weighted by Gasteiger charge is 2.19. The normalized spacial score (nSPS) is 12.8. The molecule has 0 bridgehead atoms. The predicted molar refractivity (Wildman–Crippen MR) is 82.0 cm³/mol. The number of benzene rings is 1. The van der Waals surface area contributed by atoms with Gasteiger partial charge in [0.2, 0.25) is 11.7 Å². The van der Waals surface area contributed by atoms with Crippen molar-refractivity contribution in [2.75, 3.05) is 27.3 Å². The zero-order valence-electron chi connectivity index (χ0n) is 13.5. The molecule has 0 N–H and O–H groups in total. The van der Waals surface area contributed by atoms with E-state index in [2.05, 4.69) is 15.0 Å². The van der Waals surface area contributed by atoms with Gasteiger partial charge in [0.05, 0.1) is 6.04 Å². The minimum atomic E-state index is -0.270. The van der Waals surface area contributed by atoms with E-state index >= 15 is 0 Å². The zero-order valence-corrected chi connectivity index (χ0v) is 13.5. The Bertz CT molecular complexity index is 615. The lowest BCUT2D eigenvalue weighted by molar-refractivity contribution is 0.158. The molecule has 1 atom stereocenters. The molecule has 0 amide bonds. The molecule has 0 radical (unpaired) electrons. The Kier molecular flexibility index (Phi) is 5.63. The minimum Gasteiger partial charge on any atom is -0.385 e. The van der Waals surface area contributed by atoms with Crippen LogP contribution >= 0.6 is 0 Å². The summed E-state index contributed by atoms with van der Waals surface area (Å²) < 4.78 is 24.0. The van der Waals surface area contributed by atoms with Crippen LogP contribution in [0.3, 0.4) is 0 Å². The summed E-state index contributed by atoms with van der Waals surface area (Å²) in [5.41, 5.74) is 1.21. The number of aryl methyl sites for hydroxylation is 1. The number of aromatic nitrogens is 2. The molecule has 0 aliphatic carbocycles. The van der Waals surface area contributed by atoms with Crippen LogP contribution in [0.4, 0.5) is 4.39 Å². The molecule has 0 fully saturated rings. The van der Waals surface area contributed by atoms with Crippen LogP contribution in [0.25, 0.3) is 11.4 Å². The van der Waals surface area contributed by atoms with Crippen molar-refractivity contribution >= 4 is 0 Å². The maximum Gasteiger partial charge on any atom is 0.244 e. The molecule has 5 nitrogen and oxygen atoms in total. The molecule has 1 aromatic heterocycles. The van der Waals surface area contributed by atoms with E-state index in [1.54, 1.807) is 26.2 Å². The monoisotopic (exact) mass is 307 g/mol. The molecular formula is C16H22FN3O2. The molecule has 2 aromatic rings. The first-order valence-corrected chi connectivity index (χ1v) is 7.32. The number of methoxy groups -OCH3 is 1. The van der Waals surface area contributed by atoms with Gasteiger partial charge in [-0.15, -0.1) is 0 Å². The van der Waals surface area contributed by atoms with Gasteiger partial charge in [-0.2, -0.15) is 4.98 Å². The van der Waals surface area contributed by atoms with Gasteiger partial charge in [-0.05, 0) is 38.9 Å². The van der Waals surface area contributed by atoms with Crippen molar-refractivity contribution in [2.45, 2.75) is 26.3 Å². The van der Waals surface area contributed by atoms with Crippen LogP contribution in [0.15, 0.2) is 22.7 Å². The Balaban J connectivity index is 2.08.